The number of fused-ring (bicyclic) bond motifs is 1. The van der Waals surface area contributed by atoms with Gasteiger partial charge >= 0.3 is 6.18 Å². The summed E-state index contributed by atoms with van der Waals surface area (Å²) >= 11 is 0. The van der Waals surface area contributed by atoms with Gasteiger partial charge in [-0.2, -0.15) is 18.2 Å². The van der Waals surface area contributed by atoms with Crippen molar-refractivity contribution in [3.63, 3.8) is 0 Å². The minimum atomic E-state index is -4.58. The lowest BCUT2D eigenvalue weighted by Crippen LogP contribution is -2.51. The van der Waals surface area contributed by atoms with Crippen molar-refractivity contribution in [3.05, 3.63) is 42.0 Å². The van der Waals surface area contributed by atoms with Crippen LogP contribution in [0.3, 0.4) is 0 Å². The lowest BCUT2D eigenvalue weighted by molar-refractivity contribution is -0.203. The summed E-state index contributed by atoms with van der Waals surface area (Å²) in [6, 6.07) is 7.93. The fourth-order valence-electron chi connectivity index (χ4n) is 3.63. The number of nitrogens with zero attached hydrogens (tertiary/aromatic N) is 1. The SMILES string of the molecule is CC(C)(C)Oc1ccc([C@H](N2NC(=O)CC2(C)C)C(F)(F)F)c2ccccc12. The number of rotatable bonds is 3. The molecule has 1 fully saturated rings. The summed E-state index contributed by atoms with van der Waals surface area (Å²) in [7, 11) is 0. The topological polar surface area (TPSA) is 41.6 Å². The molecule has 0 aromatic heterocycles. The highest BCUT2D eigenvalue weighted by Crippen LogP contribution is 2.46. The lowest BCUT2D eigenvalue weighted by atomic mass is 9.93. The van der Waals surface area contributed by atoms with Crippen molar-refractivity contribution in [2.45, 2.75) is 64.4 Å². The summed E-state index contributed by atoms with van der Waals surface area (Å²) < 4.78 is 48.6. The molecule has 1 aliphatic rings. The molecule has 1 aliphatic heterocycles. The molecule has 0 bridgehead atoms. The molecule has 2 aromatic rings. The summed E-state index contributed by atoms with van der Waals surface area (Å²) in [6.07, 6.45) is -4.58. The Balaban J connectivity index is 2.20. The van der Waals surface area contributed by atoms with Gasteiger partial charge < -0.3 is 4.74 Å². The second kappa shape index (κ2) is 6.65. The number of hydrogen-bond donors (Lipinski definition) is 1. The van der Waals surface area contributed by atoms with Crippen LogP contribution in [0.25, 0.3) is 10.8 Å². The van der Waals surface area contributed by atoms with Gasteiger partial charge in [0.1, 0.15) is 11.4 Å². The van der Waals surface area contributed by atoms with Crippen LogP contribution in [-0.4, -0.2) is 28.2 Å². The Hall–Kier alpha value is -2.28. The monoisotopic (exact) mass is 394 g/mol. The van der Waals surface area contributed by atoms with Crippen LogP contribution in [0, 0.1) is 0 Å². The van der Waals surface area contributed by atoms with Crippen LogP contribution in [0.5, 0.6) is 5.75 Å². The molecule has 0 saturated carbocycles. The van der Waals surface area contributed by atoms with Crippen LogP contribution < -0.4 is 10.2 Å². The van der Waals surface area contributed by atoms with Crippen molar-refractivity contribution in [1.82, 2.24) is 10.4 Å². The molecule has 2 aromatic carbocycles. The van der Waals surface area contributed by atoms with Crippen LogP contribution in [0.4, 0.5) is 13.2 Å². The van der Waals surface area contributed by atoms with Crippen molar-refractivity contribution < 1.29 is 22.7 Å². The molecule has 28 heavy (non-hydrogen) atoms. The van der Waals surface area contributed by atoms with E-state index >= 15 is 0 Å². The van der Waals surface area contributed by atoms with Crippen molar-refractivity contribution in [2.24, 2.45) is 0 Å². The fraction of sp³-hybridized carbons (Fsp3) is 0.476. The molecule has 0 unspecified atom stereocenters. The largest absolute Gasteiger partial charge is 0.488 e. The van der Waals surface area contributed by atoms with E-state index in [0.717, 1.165) is 5.01 Å². The molecule has 3 rings (SSSR count). The van der Waals surface area contributed by atoms with Crippen LogP contribution >= 0.6 is 0 Å². The number of ether oxygens (including phenoxy) is 1. The fourth-order valence-corrected chi connectivity index (χ4v) is 3.63. The molecule has 4 nitrogen and oxygen atoms in total. The highest BCUT2D eigenvalue weighted by atomic mass is 19.4. The Morgan fingerprint density at radius 1 is 1.07 bits per heavy atom. The quantitative estimate of drug-likeness (QED) is 0.784. The maximum Gasteiger partial charge on any atom is 0.409 e. The van der Waals surface area contributed by atoms with E-state index in [-0.39, 0.29) is 12.0 Å². The van der Waals surface area contributed by atoms with E-state index in [4.69, 9.17) is 4.74 Å². The number of benzene rings is 2. The van der Waals surface area contributed by atoms with E-state index < -0.39 is 29.3 Å². The number of amides is 1. The highest BCUT2D eigenvalue weighted by molar-refractivity contribution is 5.91. The molecular formula is C21H25F3N2O2. The van der Waals surface area contributed by atoms with E-state index in [9.17, 15) is 18.0 Å². The first-order chi connectivity index (χ1) is 12.8. The summed E-state index contributed by atoms with van der Waals surface area (Å²) in [4.78, 5) is 11.9. The predicted molar refractivity (Wildman–Crippen MR) is 102 cm³/mol. The first kappa shape index (κ1) is 20.5. The normalized spacial score (nSPS) is 18.9. The number of carbonyl (C=O) groups excluding carboxylic acids is 1. The van der Waals surface area contributed by atoms with E-state index in [0.29, 0.717) is 16.5 Å². The average molecular weight is 394 g/mol. The molecule has 152 valence electrons. The van der Waals surface area contributed by atoms with Crippen LogP contribution in [0.15, 0.2) is 36.4 Å². The minimum Gasteiger partial charge on any atom is -0.488 e. The third kappa shape index (κ3) is 3.94. The van der Waals surface area contributed by atoms with Crippen molar-refractivity contribution in [2.75, 3.05) is 0 Å². The Kier molecular flexibility index (Phi) is 4.86. The zero-order chi connectivity index (χ0) is 20.9. The summed E-state index contributed by atoms with van der Waals surface area (Å²) in [5.74, 6) is 0.105. The van der Waals surface area contributed by atoms with Gasteiger partial charge in [-0.05, 0) is 51.6 Å². The van der Waals surface area contributed by atoms with Gasteiger partial charge in [0.15, 0.2) is 6.04 Å². The van der Waals surface area contributed by atoms with Gasteiger partial charge in [-0.25, -0.2) is 0 Å². The minimum absolute atomic E-state index is 0.00271. The summed E-state index contributed by atoms with van der Waals surface area (Å²) in [6.45, 7) is 8.91. The molecule has 1 saturated heterocycles. The van der Waals surface area contributed by atoms with Gasteiger partial charge in [-0.3, -0.25) is 10.2 Å². The van der Waals surface area contributed by atoms with Gasteiger partial charge in [0.2, 0.25) is 5.91 Å². The maximum atomic E-state index is 14.2. The van der Waals surface area contributed by atoms with E-state index in [1.807, 2.05) is 20.8 Å². The average Bonchev–Trinajstić information content (AvgIpc) is 2.79. The number of nitrogens with one attached hydrogen (secondary N) is 1. The van der Waals surface area contributed by atoms with Crippen LogP contribution in [-0.2, 0) is 4.79 Å². The maximum absolute atomic E-state index is 14.2. The molecule has 7 heteroatoms. The molecule has 0 radical (unpaired) electrons. The molecular weight excluding hydrogens is 369 g/mol. The standard InChI is InChI=1S/C21H25F3N2O2/c1-19(2,3)28-16-11-10-15(13-8-6-7-9-14(13)16)18(21(22,23)24)26-20(4,5)12-17(27)25-26/h6-11,18H,12H2,1-5H3,(H,25,27)/t18-/m0/s1. The number of alkyl halides is 3. The zero-order valence-corrected chi connectivity index (χ0v) is 16.6. The Labute approximate surface area is 162 Å². The van der Waals surface area contributed by atoms with Gasteiger partial charge in [0.25, 0.3) is 0 Å². The summed E-state index contributed by atoms with van der Waals surface area (Å²) in [5.41, 5.74) is 1.03. The number of halogens is 3. The number of hydrogen-bond acceptors (Lipinski definition) is 3. The molecule has 0 spiro atoms. The van der Waals surface area contributed by atoms with Crippen LogP contribution in [0.1, 0.15) is 52.6 Å². The van der Waals surface area contributed by atoms with Gasteiger partial charge in [-0.15, -0.1) is 0 Å². The number of hydrazine groups is 1. The smallest absolute Gasteiger partial charge is 0.409 e. The van der Waals surface area contributed by atoms with Gasteiger partial charge in [0, 0.05) is 17.3 Å². The van der Waals surface area contributed by atoms with E-state index in [1.165, 1.54) is 6.07 Å². The predicted octanol–water partition coefficient (Wildman–Crippen LogP) is 5.14. The Morgan fingerprint density at radius 2 is 1.68 bits per heavy atom. The second-order valence-electron chi connectivity index (χ2n) is 8.75. The summed E-state index contributed by atoms with van der Waals surface area (Å²) in [5, 5.41) is 2.08. The Morgan fingerprint density at radius 3 is 2.18 bits per heavy atom. The third-order valence-electron chi connectivity index (χ3n) is 4.69. The van der Waals surface area contributed by atoms with Crippen molar-refractivity contribution in [3.8, 4) is 5.75 Å². The van der Waals surface area contributed by atoms with Crippen LogP contribution in [0.2, 0.25) is 0 Å². The molecule has 1 atom stereocenters. The lowest BCUT2D eigenvalue weighted by Gasteiger charge is -2.38. The van der Waals surface area contributed by atoms with Gasteiger partial charge in [0.05, 0.1) is 0 Å². The molecule has 0 aliphatic carbocycles. The number of carbonyl (C=O) groups is 1. The van der Waals surface area contributed by atoms with Crippen molar-refractivity contribution in [1.29, 1.82) is 0 Å². The van der Waals surface area contributed by atoms with E-state index in [2.05, 4.69) is 5.43 Å². The van der Waals surface area contributed by atoms with Crippen molar-refractivity contribution >= 4 is 16.7 Å². The first-order valence-electron chi connectivity index (χ1n) is 9.16. The first-order valence-corrected chi connectivity index (χ1v) is 9.16. The highest BCUT2D eigenvalue weighted by Gasteiger charge is 2.53. The third-order valence-corrected chi connectivity index (χ3v) is 4.69. The molecule has 1 heterocycles. The van der Waals surface area contributed by atoms with Gasteiger partial charge in [-0.1, -0.05) is 30.3 Å². The second-order valence-corrected chi connectivity index (χ2v) is 8.75. The Bertz CT molecular complexity index is 901. The van der Waals surface area contributed by atoms with E-state index in [1.54, 1.807) is 44.2 Å². The zero-order valence-electron chi connectivity index (χ0n) is 16.6. The molecule has 1 amide bonds. The molecule has 1 N–H and O–H groups in total.